The Bertz CT molecular complexity index is 873. The molecule has 0 bridgehead atoms. The highest BCUT2D eigenvalue weighted by molar-refractivity contribution is 7.09. The average molecular weight is 378 g/mol. The Morgan fingerprint density at radius 3 is 2.38 bits per heavy atom. The van der Waals surface area contributed by atoms with Gasteiger partial charge in [0.05, 0.1) is 11.9 Å². The highest BCUT2D eigenvalue weighted by atomic mass is 32.1. The maximum atomic E-state index is 10.0. The van der Waals surface area contributed by atoms with Gasteiger partial charge in [-0.1, -0.05) is 46.0 Å². The van der Waals surface area contributed by atoms with Gasteiger partial charge in [-0.15, -0.1) is 0 Å². The fraction of sp³-hybridized carbons (Fsp3) is 0.474. The predicted molar refractivity (Wildman–Crippen MR) is 106 cm³/mol. The van der Waals surface area contributed by atoms with E-state index < -0.39 is 11.5 Å². The van der Waals surface area contributed by atoms with Gasteiger partial charge in [0.15, 0.2) is 11.5 Å². The monoisotopic (exact) mass is 377 g/mol. The second-order valence-corrected chi connectivity index (χ2v) is 8.13. The van der Waals surface area contributed by atoms with Crippen molar-refractivity contribution in [2.75, 3.05) is 6.54 Å². The molecule has 7 heteroatoms. The molecule has 0 unspecified atom stereocenters. The number of benzene rings is 1. The van der Waals surface area contributed by atoms with Gasteiger partial charge in [0.1, 0.15) is 0 Å². The van der Waals surface area contributed by atoms with E-state index in [2.05, 4.69) is 44.7 Å². The topological polar surface area (TPSA) is 90.3 Å². The maximum Gasteiger partial charge on any atom is 0.206 e. The van der Waals surface area contributed by atoms with E-state index in [1.54, 1.807) is 11.3 Å². The van der Waals surface area contributed by atoms with Crippen LogP contribution in [0, 0.1) is 0 Å². The second-order valence-electron chi connectivity index (χ2n) is 7.07. The molecule has 3 N–H and O–H groups in total. The maximum absolute atomic E-state index is 10.0. The lowest BCUT2D eigenvalue weighted by Gasteiger charge is -2.20. The van der Waals surface area contributed by atoms with Crippen molar-refractivity contribution in [3.05, 3.63) is 33.1 Å². The van der Waals surface area contributed by atoms with Crippen molar-refractivity contribution in [3.63, 3.8) is 0 Å². The molecule has 0 aliphatic heterocycles. The van der Waals surface area contributed by atoms with Crippen molar-refractivity contribution in [3.8, 4) is 17.2 Å². The Hall–Kier alpha value is -2.28. The number of thiazole rings is 1. The number of nitrogens with zero attached hydrogens (tertiary/aromatic N) is 3. The largest absolute Gasteiger partial charge is 0.504 e. The molecule has 1 aromatic heterocycles. The summed E-state index contributed by atoms with van der Waals surface area (Å²) < 4.78 is 1.82. The molecule has 2 rings (SSSR count). The van der Waals surface area contributed by atoms with Crippen LogP contribution in [0.1, 0.15) is 57.2 Å². The quantitative estimate of drug-likeness (QED) is 0.548. The van der Waals surface area contributed by atoms with E-state index in [9.17, 15) is 15.3 Å². The van der Waals surface area contributed by atoms with Gasteiger partial charge < -0.3 is 15.3 Å². The van der Waals surface area contributed by atoms with Crippen LogP contribution in [0.4, 0.5) is 0 Å². The molecule has 0 spiro atoms. The van der Waals surface area contributed by atoms with Gasteiger partial charge in [0.2, 0.25) is 10.6 Å². The molecule has 1 aromatic carbocycles. The van der Waals surface area contributed by atoms with Crippen LogP contribution in [-0.4, -0.2) is 32.8 Å². The van der Waals surface area contributed by atoms with E-state index in [1.807, 2.05) is 4.68 Å². The minimum absolute atomic E-state index is 0.127. The number of rotatable bonds is 5. The Kier molecular flexibility index (Phi) is 6.13. The van der Waals surface area contributed by atoms with Crippen LogP contribution >= 0.6 is 11.3 Å². The zero-order valence-corrected chi connectivity index (χ0v) is 16.8. The minimum atomic E-state index is -0.551. The summed E-state index contributed by atoms with van der Waals surface area (Å²) in [6, 6.07) is 2.82. The van der Waals surface area contributed by atoms with E-state index >= 15 is 0 Å². The van der Waals surface area contributed by atoms with E-state index in [-0.39, 0.29) is 11.2 Å². The van der Waals surface area contributed by atoms with Gasteiger partial charge in [-0.2, -0.15) is 5.10 Å². The van der Waals surface area contributed by atoms with Crippen LogP contribution in [0.3, 0.4) is 0 Å². The molecule has 0 saturated heterocycles. The fourth-order valence-electron chi connectivity index (χ4n) is 2.61. The second kappa shape index (κ2) is 7.95. The Labute approximate surface area is 157 Å². The predicted octanol–water partition coefficient (Wildman–Crippen LogP) is 3.72. The summed E-state index contributed by atoms with van der Waals surface area (Å²) in [4.78, 5) is 6.69. The van der Waals surface area contributed by atoms with Crippen LogP contribution in [0.25, 0.3) is 0 Å². The number of hydrogen-bond donors (Lipinski definition) is 3. The zero-order valence-electron chi connectivity index (χ0n) is 15.9. The molecule has 0 amide bonds. The molecule has 0 aliphatic carbocycles. The molecule has 26 heavy (non-hydrogen) atoms. The molecule has 142 valence electrons. The summed E-state index contributed by atoms with van der Waals surface area (Å²) >= 11 is 1.63. The van der Waals surface area contributed by atoms with Crippen molar-refractivity contribution in [2.24, 2.45) is 10.1 Å². The first-order chi connectivity index (χ1) is 12.2. The summed E-state index contributed by atoms with van der Waals surface area (Å²) in [5.41, 5.74) is 1.27. The smallest absolute Gasteiger partial charge is 0.206 e. The molecule has 0 fully saturated rings. The third kappa shape index (κ3) is 4.09. The van der Waals surface area contributed by atoms with E-state index in [1.165, 1.54) is 23.2 Å². The molecular weight excluding hydrogens is 350 g/mol. The van der Waals surface area contributed by atoms with Crippen LogP contribution in [-0.2, 0) is 11.8 Å². The number of aryl methyl sites for hydroxylation is 1. The molecule has 0 radical (unpaired) electrons. The first-order valence-corrected chi connectivity index (χ1v) is 9.56. The fourth-order valence-corrected chi connectivity index (χ4v) is 3.85. The van der Waals surface area contributed by atoms with Gasteiger partial charge in [0.25, 0.3) is 0 Å². The van der Waals surface area contributed by atoms with Gasteiger partial charge in [-0.3, -0.25) is 4.99 Å². The van der Waals surface area contributed by atoms with Crippen LogP contribution in [0.15, 0.2) is 22.2 Å². The first kappa shape index (κ1) is 20.0. The zero-order chi connectivity index (χ0) is 19.5. The van der Waals surface area contributed by atoms with Gasteiger partial charge in [-0.25, -0.2) is 4.68 Å². The summed E-state index contributed by atoms with van der Waals surface area (Å²) in [5, 5.41) is 33.7. The normalized spacial score (nSPS) is 13.0. The van der Waals surface area contributed by atoms with Crippen LogP contribution < -0.4 is 4.80 Å². The molecule has 1 heterocycles. The number of hydrogen-bond acceptors (Lipinski definition) is 6. The van der Waals surface area contributed by atoms with E-state index in [0.29, 0.717) is 12.1 Å². The summed E-state index contributed by atoms with van der Waals surface area (Å²) in [6.45, 7) is 11.3. The van der Waals surface area contributed by atoms with Gasteiger partial charge >= 0.3 is 0 Å². The van der Waals surface area contributed by atoms with Crippen molar-refractivity contribution >= 4 is 17.6 Å². The molecule has 0 aliphatic rings. The van der Waals surface area contributed by atoms with Gasteiger partial charge in [-0.05, 0) is 25.0 Å². The minimum Gasteiger partial charge on any atom is -0.504 e. The lowest BCUT2D eigenvalue weighted by atomic mass is 9.91. The van der Waals surface area contributed by atoms with E-state index in [0.717, 1.165) is 23.3 Å². The summed E-state index contributed by atoms with van der Waals surface area (Å²) in [6.07, 6.45) is 3.31. The van der Waals surface area contributed by atoms with Crippen LogP contribution in [0.5, 0.6) is 17.2 Å². The lowest BCUT2D eigenvalue weighted by Crippen LogP contribution is -2.23. The molecular formula is C19H27N3O3S. The highest BCUT2D eigenvalue weighted by Gasteiger charge is 2.24. The van der Waals surface area contributed by atoms with Crippen molar-refractivity contribution in [2.45, 2.75) is 52.9 Å². The lowest BCUT2D eigenvalue weighted by molar-refractivity contribution is 0.367. The molecule has 2 aromatic rings. The number of aromatic nitrogens is 1. The van der Waals surface area contributed by atoms with Crippen molar-refractivity contribution in [1.29, 1.82) is 0 Å². The van der Waals surface area contributed by atoms with Crippen molar-refractivity contribution in [1.82, 2.24) is 4.68 Å². The Balaban J connectivity index is 2.64. The van der Waals surface area contributed by atoms with E-state index in [4.69, 9.17) is 0 Å². The standard InChI is InChI=1S/C19H27N3O3S/c1-6-10-20-18-22(17(19(3,4)5)14(7-2)26-18)21-11-12-8-9-13(23)16(25)15(12)24/h8-9,11,23-25H,6-7,10H2,1-5H3/b20-18?,21-11+. The third-order valence-corrected chi connectivity index (χ3v) is 5.06. The summed E-state index contributed by atoms with van der Waals surface area (Å²) in [5.74, 6) is -1.32. The third-order valence-electron chi connectivity index (χ3n) is 3.85. The molecule has 0 atom stereocenters. The van der Waals surface area contributed by atoms with Gasteiger partial charge in [0, 0.05) is 22.4 Å². The number of phenols is 3. The highest BCUT2D eigenvalue weighted by Crippen LogP contribution is 2.36. The number of phenolic OH excluding ortho intramolecular Hbond substituents is 3. The number of aromatic hydroxyl groups is 3. The molecule has 6 nitrogen and oxygen atoms in total. The van der Waals surface area contributed by atoms with Crippen LogP contribution in [0.2, 0.25) is 0 Å². The van der Waals surface area contributed by atoms with Crippen molar-refractivity contribution < 1.29 is 15.3 Å². The Morgan fingerprint density at radius 1 is 1.12 bits per heavy atom. The Morgan fingerprint density at radius 2 is 1.81 bits per heavy atom. The molecule has 0 saturated carbocycles. The average Bonchev–Trinajstić information content (AvgIpc) is 2.95. The summed E-state index contributed by atoms with van der Waals surface area (Å²) in [7, 11) is 0. The SMILES string of the molecule is CCCN=c1sc(CC)c(C(C)(C)C)n1/N=C/c1ccc(O)c(O)c1O. The first-order valence-electron chi connectivity index (χ1n) is 8.74.